The zero-order valence-corrected chi connectivity index (χ0v) is 10.5. The Morgan fingerprint density at radius 3 is 2.37 bits per heavy atom. The molecule has 4 nitrogen and oxygen atoms in total. The fourth-order valence-corrected chi connectivity index (χ4v) is 1.75. The van der Waals surface area contributed by atoms with Crippen LogP contribution in [0.5, 0.6) is 0 Å². The summed E-state index contributed by atoms with van der Waals surface area (Å²) in [6, 6.07) is 16.4. The van der Waals surface area contributed by atoms with E-state index in [1.54, 1.807) is 0 Å². The molecule has 0 atom stereocenters. The van der Waals surface area contributed by atoms with E-state index >= 15 is 0 Å². The largest absolute Gasteiger partial charge is 0.396 e. The van der Waals surface area contributed by atoms with Crippen molar-refractivity contribution in [2.24, 2.45) is 0 Å². The molecule has 98 valence electrons. The Kier molecular flexibility index (Phi) is 4.53. The first kappa shape index (κ1) is 13.1. The molecule has 2 rings (SSSR count). The molecular weight excluding hydrogens is 240 g/mol. The number of benzene rings is 2. The third-order valence-corrected chi connectivity index (χ3v) is 2.62. The van der Waals surface area contributed by atoms with Crippen LogP contribution in [0.3, 0.4) is 0 Å². The molecule has 4 heteroatoms. The van der Waals surface area contributed by atoms with Crippen LogP contribution in [0.1, 0.15) is 5.56 Å². The standard InChI is InChI=1S/C15H16N2O2/c18-10-9-12-5-4-8-14(11-12)17-15(19)16-13-6-2-1-3-7-13/h1-8,11,18H,9-10H2,(H2,16,17,19). The third-order valence-electron chi connectivity index (χ3n) is 2.62. The highest BCUT2D eigenvalue weighted by molar-refractivity contribution is 5.99. The van der Waals surface area contributed by atoms with E-state index in [9.17, 15) is 4.79 Å². The van der Waals surface area contributed by atoms with Gasteiger partial charge in [-0.1, -0.05) is 30.3 Å². The Labute approximate surface area is 112 Å². The summed E-state index contributed by atoms with van der Waals surface area (Å²) in [5.74, 6) is 0. The SMILES string of the molecule is O=C(Nc1ccccc1)Nc1cccc(CCO)c1. The number of amides is 2. The van der Waals surface area contributed by atoms with Gasteiger partial charge in [0, 0.05) is 18.0 Å². The van der Waals surface area contributed by atoms with Gasteiger partial charge in [0.25, 0.3) is 0 Å². The predicted octanol–water partition coefficient (Wildman–Crippen LogP) is 2.87. The average Bonchev–Trinajstić information content (AvgIpc) is 2.40. The summed E-state index contributed by atoms with van der Waals surface area (Å²) < 4.78 is 0. The Morgan fingerprint density at radius 1 is 0.947 bits per heavy atom. The molecular formula is C15H16N2O2. The normalized spacial score (nSPS) is 9.95. The van der Waals surface area contributed by atoms with Gasteiger partial charge in [0.1, 0.15) is 0 Å². The first-order valence-electron chi connectivity index (χ1n) is 6.11. The molecule has 0 unspecified atom stereocenters. The maximum Gasteiger partial charge on any atom is 0.323 e. The van der Waals surface area contributed by atoms with Crippen molar-refractivity contribution in [1.82, 2.24) is 0 Å². The topological polar surface area (TPSA) is 61.4 Å². The van der Waals surface area contributed by atoms with Crippen molar-refractivity contribution in [3.05, 3.63) is 60.2 Å². The summed E-state index contributed by atoms with van der Waals surface area (Å²) in [6.07, 6.45) is 0.579. The minimum absolute atomic E-state index is 0.0969. The first-order chi connectivity index (χ1) is 9.28. The van der Waals surface area contributed by atoms with Crippen LogP contribution >= 0.6 is 0 Å². The second kappa shape index (κ2) is 6.56. The molecule has 0 aliphatic heterocycles. The van der Waals surface area contributed by atoms with Gasteiger partial charge in [-0.15, -0.1) is 0 Å². The van der Waals surface area contributed by atoms with Gasteiger partial charge >= 0.3 is 6.03 Å². The fourth-order valence-electron chi connectivity index (χ4n) is 1.75. The molecule has 2 amide bonds. The number of carbonyl (C=O) groups excluding carboxylic acids is 1. The maximum atomic E-state index is 11.8. The van der Waals surface area contributed by atoms with Gasteiger partial charge in [-0.05, 0) is 36.2 Å². The van der Waals surface area contributed by atoms with Crippen LogP contribution in [0, 0.1) is 0 Å². The Balaban J connectivity index is 1.97. The number of hydrogen-bond donors (Lipinski definition) is 3. The highest BCUT2D eigenvalue weighted by atomic mass is 16.3. The van der Waals surface area contributed by atoms with Gasteiger partial charge in [0.05, 0.1) is 0 Å². The smallest absolute Gasteiger partial charge is 0.323 e. The van der Waals surface area contributed by atoms with Crippen LogP contribution in [0.15, 0.2) is 54.6 Å². The molecule has 0 bridgehead atoms. The van der Waals surface area contributed by atoms with E-state index < -0.39 is 0 Å². The molecule has 0 saturated heterocycles. The minimum atomic E-state index is -0.285. The lowest BCUT2D eigenvalue weighted by atomic mass is 10.1. The second-order valence-corrected chi connectivity index (χ2v) is 4.12. The minimum Gasteiger partial charge on any atom is -0.396 e. The molecule has 0 aromatic heterocycles. The van der Waals surface area contributed by atoms with Crippen molar-refractivity contribution in [2.75, 3.05) is 17.2 Å². The second-order valence-electron chi connectivity index (χ2n) is 4.12. The molecule has 19 heavy (non-hydrogen) atoms. The summed E-state index contributed by atoms with van der Waals surface area (Å²) in [6.45, 7) is 0.0969. The monoisotopic (exact) mass is 256 g/mol. The van der Waals surface area contributed by atoms with E-state index in [0.29, 0.717) is 12.1 Å². The molecule has 0 heterocycles. The van der Waals surface area contributed by atoms with Crippen LogP contribution in [-0.2, 0) is 6.42 Å². The lowest BCUT2D eigenvalue weighted by molar-refractivity contribution is 0.262. The van der Waals surface area contributed by atoms with Crippen molar-refractivity contribution < 1.29 is 9.90 Å². The van der Waals surface area contributed by atoms with Gasteiger partial charge < -0.3 is 15.7 Å². The van der Waals surface area contributed by atoms with Gasteiger partial charge in [0.15, 0.2) is 0 Å². The maximum absolute atomic E-state index is 11.8. The number of hydrogen-bond acceptors (Lipinski definition) is 2. The molecule has 0 aliphatic carbocycles. The van der Waals surface area contributed by atoms with Gasteiger partial charge in [-0.25, -0.2) is 4.79 Å². The zero-order valence-electron chi connectivity index (χ0n) is 10.5. The summed E-state index contributed by atoms with van der Waals surface area (Å²) in [5, 5.41) is 14.4. The quantitative estimate of drug-likeness (QED) is 0.787. The van der Waals surface area contributed by atoms with Crippen LogP contribution < -0.4 is 10.6 Å². The summed E-state index contributed by atoms with van der Waals surface area (Å²) >= 11 is 0. The number of aliphatic hydroxyl groups excluding tert-OH is 1. The van der Waals surface area contributed by atoms with Gasteiger partial charge in [-0.3, -0.25) is 0 Å². The summed E-state index contributed by atoms with van der Waals surface area (Å²) in [7, 11) is 0. The summed E-state index contributed by atoms with van der Waals surface area (Å²) in [4.78, 5) is 11.8. The van der Waals surface area contributed by atoms with Gasteiger partial charge in [0.2, 0.25) is 0 Å². The van der Waals surface area contributed by atoms with Crippen molar-refractivity contribution in [1.29, 1.82) is 0 Å². The molecule has 0 saturated carbocycles. The molecule has 2 aromatic carbocycles. The number of urea groups is 1. The average molecular weight is 256 g/mol. The molecule has 0 aliphatic rings. The van der Waals surface area contributed by atoms with Crippen LogP contribution in [-0.4, -0.2) is 17.7 Å². The third kappa shape index (κ3) is 4.12. The Morgan fingerprint density at radius 2 is 1.63 bits per heavy atom. The summed E-state index contributed by atoms with van der Waals surface area (Å²) in [5.41, 5.74) is 2.44. The van der Waals surface area contributed by atoms with Gasteiger partial charge in [-0.2, -0.15) is 0 Å². The lowest BCUT2D eigenvalue weighted by Gasteiger charge is -2.08. The Hall–Kier alpha value is -2.33. The van der Waals surface area contributed by atoms with E-state index in [-0.39, 0.29) is 12.6 Å². The predicted molar refractivity (Wildman–Crippen MR) is 76.3 cm³/mol. The van der Waals surface area contributed by atoms with E-state index in [0.717, 1.165) is 11.3 Å². The number of rotatable bonds is 4. The number of carbonyl (C=O) groups is 1. The number of anilines is 2. The first-order valence-corrected chi connectivity index (χ1v) is 6.11. The molecule has 0 spiro atoms. The van der Waals surface area contributed by atoms with Crippen molar-refractivity contribution >= 4 is 17.4 Å². The fraction of sp³-hybridized carbons (Fsp3) is 0.133. The van der Waals surface area contributed by atoms with Crippen LogP contribution in [0.25, 0.3) is 0 Å². The van der Waals surface area contributed by atoms with Crippen molar-refractivity contribution in [3.8, 4) is 0 Å². The van der Waals surface area contributed by atoms with Crippen molar-refractivity contribution in [3.63, 3.8) is 0 Å². The van der Waals surface area contributed by atoms with Crippen LogP contribution in [0.4, 0.5) is 16.2 Å². The zero-order chi connectivity index (χ0) is 13.5. The number of para-hydroxylation sites is 1. The van der Waals surface area contributed by atoms with E-state index in [1.165, 1.54) is 0 Å². The lowest BCUT2D eigenvalue weighted by Crippen LogP contribution is -2.19. The number of aliphatic hydroxyl groups is 1. The molecule has 0 radical (unpaired) electrons. The Bertz CT molecular complexity index is 541. The highest BCUT2D eigenvalue weighted by Crippen LogP contribution is 2.12. The molecule has 2 aromatic rings. The highest BCUT2D eigenvalue weighted by Gasteiger charge is 2.02. The van der Waals surface area contributed by atoms with E-state index in [2.05, 4.69) is 10.6 Å². The van der Waals surface area contributed by atoms with Crippen LogP contribution in [0.2, 0.25) is 0 Å². The number of nitrogens with one attached hydrogen (secondary N) is 2. The van der Waals surface area contributed by atoms with E-state index in [4.69, 9.17) is 5.11 Å². The molecule has 3 N–H and O–H groups in total. The molecule has 0 fully saturated rings. The van der Waals surface area contributed by atoms with E-state index in [1.807, 2.05) is 54.6 Å². The van der Waals surface area contributed by atoms with Crippen molar-refractivity contribution in [2.45, 2.75) is 6.42 Å².